The summed E-state index contributed by atoms with van der Waals surface area (Å²) in [6.45, 7) is 4.99. The monoisotopic (exact) mass is 386 g/mol. The summed E-state index contributed by atoms with van der Waals surface area (Å²) in [7, 11) is 0. The van der Waals surface area contributed by atoms with Crippen LogP contribution in [0.15, 0.2) is 24.4 Å². The molecule has 0 unspecified atom stereocenters. The van der Waals surface area contributed by atoms with Crippen LogP contribution in [0.5, 0.6) is 0 Å². The van der Waals surface area contributed by atoms with Crippen molar-refractivity contribution < 1.29 is 9.59 Å². The van der Waals surface area contributed by atoms with Crippen molar-refractivity contribution in [1.82, 2.24) is 20.5 Å². The summed E-state index contributed by atoms with van der Waals surface area (Å²) in [5.41, 5.74) is 0.941. The summed E-state index contributed by atoms with van der Waals surface area (Å²) in [5.74, 6) is 1.08. The average Bonchev–Trinajstić information content (AvgIpc) is 2.72. The summed E-state index contributed by atoms with van der Waals surface area (Å²) < 4.78 is 0. The van der Waals surface area contributed by atoms with Crippen molar-refractivity contribution in [2.75, 3.05) is 26.2 Å². The molecule has 2 heterocycles. The number of rotatable bonds is 7. The van der Waals surface area contributed by atoms with Crippen LogP contribution in [0.1, 0.15) is 63.6 Å². The summed E-state index contributed by atoms with van der Waals surface area (Å²) >= 11 is 0. The molecule has 0 bridgehead atoms. The Morgan fingerprint density at radius 2 is 1.89 bits per heavy atom. The molecule has 1 aromatic rings. The quantitative estimate of drug-likeness (QED) is 0.756. The van der Waals surface area contributed by atoms with Gasteiger partial charge in [0.25, 0.3) is 0 Å². The third-order valence-electron chi connectivity index (χ3n) is 6.13. The normalized spacial score (nSPS) is 24.3. The molecule has 154 valence electrons. The lowest BCUT2D eigenvalue weighted by Gasteiger charge is -2.34. The lowest BCUT2D eigenvalue weighted by Crippen LogP contribution is -2.42. The molecule has 2 aliphatic rings. The van der Waals surface area contributed by atoms with E-state index < -0.39 is 0 Å². The van der Waals surface area contributed by atoms with E-state index in [4.69, 9.17) is 0 Å². The Hall–Kier alpha value is -1.95. The molecule has 0 radical (unpaired) electrons. The minimum absolute atomic E-state index is 0.0113. The van der Waals surface area contributed by atoms with Gasteiger partial charge >= 0.3 is 0 Å². The highest BCUT2D eigenvalue weighted by atomic mass is 16.2. The van der Waals surface area contributed by atoms with Gasteiger partial charge in [-0.3, -0.25) is 19.5 Å². The van der Waals surface area contributed by atoms with Crippen molar-refractivity contribution in [1.29, 1.82) is 0 Å². The first kappa shape index (κ1) is 20.8. The topological polar surface area (TPSA) is 74.3 Å². The van der Waals surface area contributed by atoms with E-state index in [1.54, 1.807) is 13.1 Å². The second-order valence-electron chi connectivity index (χ2n) is 8.35. The number of pyridine rings is 1. The molecule has 1 atom stereocenters. The molecule has 2 N–H and O–H groups in total. The summed E-state index contributed by atoms with van der Waals surface area (Å²) in [6, 6.07) is 5.85. The maximum atomic E-state index is 12.2. The molecule has 2 fully saturated rings. The SMILES string of the molecule is CC(=O)N[C@@H](c1ccccn1)C1CCC(CNC(=O)CN2CCCCC2)CC1. The number of aromatic nitrogens is 1. The first-order valence-electron chi connectivity index (χ1n) is 10.8. The lowest BCUT2D eigenvalue weighted by molar-refractivity contribution is -0.123. The van der Waals surface area contributed by atoms with E-state index in [0.29, 0.717) is 18.4 Å². The second kappa shape index (κ2) is 10.6. The number of hydrogen-bond donors (Lipinski definition) is 2. The fraction of sp³-hybridized carbons (Fsp3) is 0.682. The number of hydrogen-bond acceptors (Lipinski definition) is 4. The maximum Gasteiger partial charge on any atom is 0.234 e. The molecule has 1 aromatic heterocycles. The fourth-order valence-electron chi connectivity index (χ4n) is 4.57. The van der Waals surface area contributed by atoms with E-state index >= 15 is 0 Å². The van der Waals surface area contributed by atoms with Crippen LogP contribution in [0.3, 0.4) is 0 Å². The van der Waals surface area contributed by atoms with Crippen LogP contribution in [-0.2, 0) is 9.59 Å². The van der Waals surface area contributed by atoms with E-state index in [9.17, 15) is 9.59 Å². The van der Waals surface area contributed by atoms with Gasteiger partial charge in [0.2, 0.25) is 11.8 Å². The van der Waals surface area contributed by atoms with Crippen molar-refractivity contribution in [3.8, 4) is 0 Å². The Morgan fingerprint density at radius 3 is 2.54 bits per heavy atom. The highest BCUT2D eigenvalue weighted by Gasteiger charge is 2.30. The second-order valence-corrected chi connectivity index (χ2v) is 8.35. The third-order valence-corrected chi connectivity index (χ3v) is 6.13. The van der Waals surface area contributed by atoms with Gasteiger partial charge in [0.1, 0.15) is 0 Å². The molecule has 6 nitrogen and oxygen atoms in total. The predicted octanol–water partition coefficient (Wildman–Crippen LogP) is 2.67. The van der Waals surface area contributed by atoms with Crippen LogP contribution < -0.4 is 10.6 Å². The van der Waals surface area contributed by atoms with Gasteiger partial charge in [0.15, 0.2) is 0 Å². The molecule has 1 aliphatic carbocycles. The molecule has 0 aromatic carbocycles. The van der Waals surface area contributed by atoms with E-state index in [2.05, 4.69) is 20.5 Å². The van der Waals surface area contributed by atoms with Crippen LogP contribution in [0.4, 0.5) is 0 Å². The van der Waals surface area contributed by atoms with E-state index in [1.807, 2.05) is 18.2 Å². The molecular formula is C22H34N4O2. The number of carbonyl (C=O) groups is 2. The summed E-state index contributed by atoms with van der Waals surface area (Å²) in [4.78, 5) is 30.6. The predicted molar refractivity (Wildman–Crippen MR) is 110 cm³/mol. The average molecular weight is 387 g/mol. The van der Waals surface area contributed by atoms with Crippen molar-refractivity contribution in [2.45, 2.75) is 57.9 Å². The van der Waals surface area contributed by atoms with Crippen LogP contribution in [0, 0.1) is 11.8 Å². The van der Waals surface area contributed by atoms with Crippen LogP contribution in [0.25, 0.3) is 0 Å². The molecular weight excluding hydrogens is 352 g/mol. The van der Waals surface area contributed by atoms with Gasteiger partial charge in [-0.2, -0.15) is 0 Å². The van der Waals surface area contributed by atoms with Gasteiger partial charge in [0.05, 0.1) is 18.3 Å². The zero-order valence-corrected chi connectivity index (χ0v) is 17.0. The molecule has 3 rings (SSSR count). The molecule has 1 saturated carbocycles. The number of piperidine rings is 1. The van der Waals surface area contributed by atoms with Crippen molar-refractivity contribution in [3.05, 3.63) is 30.1 Å². The number of nitrogens with zero attached hydrogens (tertiary/aromatic N) is 2. The minimum atomic E-state index is -0.0201. The Labute approximate surface area is 168 Å². The van der Waals surface area contributed by atoms with Crippen LogP contribution in [-0.4, -0.2) is 47.9 Å². The van der Waals surface area contributed by atoms with E-state index in [-0.39, 0.29) is 17.9 Å². The van der Waals surface area contributed by atoms with Gasteiger partial charge in [0, 0.05) is 19.7 Å². The number of nitrogens with one attached hydrogen (secondary N) is 2. The highest BCUT2D eigenvalue weighted by Crippen LogP contribution is 2.36. The van der Waals surface area contributed by atoms with Crippen LogP contribution >= 0.6 is 0 Å². The fourth-order valence-corrected chi connectivity index (χ4v) is 4.57. The minimum Gasteiger partial charge on any atom is -0.355 e. The molecule has 2 amide bonds. The number of carbonyl (C=O) groups excluding carboxylic acids is 2. The van der Waals surface area contributed by atoms with Gasteiger partial charge in [-0.1, -0.05) is 12.5 Å². The molecule has 1 saturated heterocycles. The standard InChI is InChI=1S/C22H34N4O2/c1-17(27)25-22(20-7-3-4-12-23-20)19-10-8-18(9-11-19)15-24-21(28)16-26-13-5-2-6-14-26/h3-4,7,12,18-19,22H,2,5-6,8-11,13-16H2,1H3,(H,24,28)(H,25,27)/t18?,19?,22-/m1/s1. The maximum absolute atomic E-state index is 12.2. The van der Waals surface area contributed by atoms with Gasteiger partial charge in [-0.25, -0.2) is 0 Å². The van der Waals surface area contributed by atoms with Gasteiger partial charge in [-0.05, 0) is 75.6 Å². The molecule has 6 heteroatoms. The van der Waals surface area contributed by atoms with Crippen molar-refractivity contribution in [3.63, 3.8) is 0 Å². The Kier molecular flexibility index (Phi) is 7.83. The van der Waals surface area contributed by atoms with Gasteiger partial charge in [-0.15, -0.1) is 0 Å². The molecule has 1 aliphatic heterocycles. The zero-order chi connectivity index (χ0) is 19.8. The Bertz CT molecular complexity index is 623. The number of likely N-dealkylation sites (tertiary alicyclic amines) is 1. The largest absolute Gasteiger partial charge is 0.355 e. The highest BCUT2D eigenvalue weighted by molar-refractivity contribution is 5.78. The first-order chi connectivity index (χ1) is 13.6. The smallest absolute Gasteiger partial charge is 0.234 e. The summed E-state index contributed by atoms with van der Waals surface area (Å²) in [5, 5.41) is 6.24. The zero-order valence-electron chi connectivity index (χ0n) is 17.0. The molecule has 0 spiro atoms. The van der Waals surface area contributed by atoms with Crippen molar-refractivity contribution in [2.24, 2.45) is 11.8 Å². The van der Waals surface area contributed by atoms with Crippen LogP contribution in [0.2, 0.25) is 0 Å². The molecule has 28 heavy (non-hydrogen) atoms. The lowest BCUT2D eigenvalue weighted by atomic mass is 9.77. The number of amides is 2. The van der Waals surface area contributed by atoms with E-state index in [1.165, 1.54) is 19.3 Å². The summed E-state index contributed by atoms with van der Waals surface area (Å²) in [6.07, 6.45) is 9.76. The Balaban J connectivity index is 1.43. The van der Waals surface area contributed by atoms with Crippen molar-refractivity contribution >= 4 is 11.8 Å². The first-order valence-corrected chi connectivity index (χ1v) is 10.8. The van der Waals surface area contributed by atoms with E-state index in [0.717, 1.165) is 51.0 Å². The third kappa shape index (κ3) is 6.30. The van der Waals surface area contributed by atoms with Gasteiger partial charge < -0.3 is 10.6 Å². The Morgan fingerprint density at radius 1 is 1.14 bits per heavy atom.